The third-order valence-corrected chi connectivity index (χ3v) is 1.06. The SMILES string of the molecule is COc1cncnc1OC. The Morgan fingerprint density at radius 3 is 2.60 bits per heavy atom. The van der Waals surface area contributed by atoms with E-state index in [-0.39, 0.29) is 0 Å². The van der Waals surface area contributed by atoms with Crippen LogP contribution in [0.25, 0.3) is 0 Å². The summed E-state index contributed by atoms with van der Waals surface area (Å²) in [5.41, 5.74) is 0. The fourth-order valence-electron chi connectivity index (χ4n) is 0.599. The van der Waals surface area contributed by atoms with Crippen molar-refractivity contribution >= 4 is 0 Å². The van der Waals surface area contributed by atoms with E-state index in [0.29, 0.717) is 11.6 Å². The molecular weight excluding hydrogens is 132 g/mol. The fraction of sp³-hybridized carbons (Fsp3) is 0.333. The molecule has 0 bridgehead atoms. The molecular formula is C6H8N2O2. The Balaban J connectivity index is 2.96. The second kappa shape index (κ2) is 3.00. The zero-order chi connectivity index (χ0) is 7.40. The van der Waals surface area contributed by atoms with Crippen LogP contribution >= 0.6 is 0 Å². The van der Waals surface area contributed by atoms with Gasteiger partial charge in [0.2, 0.25) is 0 Å². The van der Waals surface area contributed by atoms with Crippen molar-refractivity contribution in [3.63, 3.8) is 0 Å². The van der Waals surface area contributed by atoms with Crippen LogP contribution in [0.15, 0.2) is 12.5 Å². The maximum absolute atomic E-state index is 4.89. The van der Waals surface area contributed by atoms with E-state index in [1.54, 1.807) is 13.3 Å². The number of hydrogen-bond donors (Lipinski definition) is 0. The van der Waals surface area contributed by atoms with Gasteiger partial charge in [0.05, 0.1) is 20.4 Å². The third kappa shape index (κ3) is 1.15. The highest BCUT2D eigenvalue weighted by molar-refractivity contribution is 5.28. The van der Waals surface area contributed by atoms with Gasteiger partial charge in [0.1, 0.15) is 6.33 Å². The van der Waals surface area contributed by atoms with Crippen LogP contribution in [0.3, 0.4) is 0 Å². The lowest BCUT2D eigenvalue weighted by Gasteiger charge is -2.02. The van der Waals surface area contributed by atoms with Gasteiger partial charge in [0, 0.05) is 0 Å². The molecule has 0 aliphatic carbocycles. The summed E-state index contributed by atoms with van der Waals surface area (Å²) in [6.45, 7) is 0. The summed E-state index contributed by atoms with van der Waals surface area (Å²) in [6, 6.07) is 0. The molecule has 0 radical (unpaired) electrons. The summed E-state index contributed by atoms with van der Waals surface area (Å²) in [5, 5.41) is 0. The Morgan fingerprint density at radius 2 is 2.10 bits per heavy atom. The number of methoxy groups -OCH3 is 2. The summed E-state index contributed by atoms with van der Waals surface area (Å²) in [6.07, 6.45) is 2.95. The Labute approximate surface area is 58.8 Å². The molecule has 0 aromatic carbocycles. The number of aromatic nitrogens is 2. The van der Waals surface area contributed by atoms with Crippen LogP contribution < -0.4 is 9.47 Å². The van der Waals surface area contributed by atoms with E-state index in [2.05, 4.69) is 9.97 Å². The van der Waals surface area contributed by atoms with E-state index in [0.717, 1.165) is 0 Å². The topological polar surface area (TPSA) is 44.2 Å². The van der Waals surface area contributed by atoms with Crippen LogP contribution in [0.4, 0.5) is 0 Å². The molecule has 54 valence electrons. The molecule has 0 N–H and O–H groups in total. The first-order chi connectivity index (χ1) is 4.88. The van der Waals surface area contributed by atoms with E-state index >= 15 is 0 Å². The molecule has 0 amide bonds. The highest BCUT2D eigenvalue weighted by atomic mass is 16.5. The Bertz CT molecular complexity index is 192. The highest BCUT2D eigenvalue weighted by Crippen LogP contribution is 2.19. The van der Waals surface area contributed by atoms with E-state index in [9.17, 15) is 0 Å². The van der Waals surface area contributed by atoms with E-state index in [4.69, 9.17) is 9.47 Å². The quantitative estimate of drug-likeness (QED) is 0.599. The van der Waals surface area contributed by atoms with Crippen LogP contribution in [0.5, 0.6) is 11.6 Å². The fourth-order valence-corrected chi connectivity index (χ4v) is 0.599. The molecule has 4 nitrogen and oxygen atoms in total. The molecule has 0 fully saturated rings. The van der Waals surface area contributed by atoms with Crippen LogP contribution in [0, 0.1) is 0 Å². The summed E-state index contributed by atoms with van der Waals surface area (Å²) in [5.74, 6) is 1.00. The molecule has 0 aliphatic heterocycles. The molecule has 0 spiro atoms. The Kier molecular flexibility index (Phi) is 2.04. The van der Waals surface area contributed by atoms with Crippen molar-refractivity contribution in [2.45, 2.75) is 0 Å². The van der Waals surface area contributed by atoms with Gasteiger partial charge in [-0.1, -0.05) is 0 Å². The summed E-state index contributed by atoms with van der Waals surface area (Å²) in [4.78, 5) is 7.56. The largest absolute Gasteiger partial charge is 0.490 e. The summed E-state index contributed by atoms with van der Waals surface area (Å²) < 4.78 is 9.75. The summed E-state index contributed by atoms with van der Waals surface area (Å²) >= 11 is 0. The molecule has 1 aromatic rings. The minimum absolute atomic E-state index is 0.456. The predicted octanol–water partition coefficient (Wildman–Crippen LogP) is 0.494. The van der Waals surface area contributed by atoms with Crippen LogP contribution in [0.2, 0.25) is 0 Å². The monoisotopic (exact) mass is 140 g/mol. The van der Waals surface area contributed by atoms with Gasteiger partial charge in [-0.15, -0.1) is 0 Å². The Hall–Kier alpha value is -1.32. The van der Waals surface area contributed by atoms with Gasteiger partial charge < -0.3 is 9.47 Å². The van der Waals surface area contributed by atoms with E-state index < -0.39 is 0 Å². The van der Waals surface area contributed by atoms with Crippen molar-refractivity contribution in [2.24, 2.45) is 0 Å². The predicted molar refractivity (Wildman–Crippen MR) is 35.1 cm³/mol. The highest BCUT2D eigenvalue weighted by Gasteiger charge is 2.00. The lowest BCUT2D eigenvalue weighted by molar-refractivity contribution is 0.341. The van der Waals surface area contributed by atoms with Gasteiger partial charge in [-0.3, -0.25) is 0 Å². The normalized spacial score (nSPS) is 9.00. The van der Waals surface area contributed by atoms with Crippen molar-refractivity contribution < 1.29 is 9.47 Å². The van der Waals surface area contributed by atoms with Gasteiger partial charge in [-0.05, 0) is 0 Å². The summed E-state index contributed by atoms with van der Waals surface area (Å²) in [7, 11) is 3.08. The molecule has 0 aliphatic rings. The van der Waals surface area contributed by atoms with Gasteiger partial charge in [-0.2, -0.15) is 4.98 Å². The number of ether oxygens (including phenoxy) is 2. The van der Waals surface area contributed by atoms with Crippen LogP contribution in [-0.2, 0) is 0 Å². The van der Waals surface area contributed by atoms with Crippen LogP contribution in [0.1, 0.15) is 0 Å². The minimum atomic E-state index is 0.456. The third-order valence-electron chi connectivity index (χ3n) is 1.06. The second-order valence-electron chi connectivity index (χ2n) is 1.60. The smallest absolute Gasteiger partial charge is 0.259 e. The molecule has 1 rings (SSSR count). The average Bonchev–Trinajstić information content (AvgIpc) is 2.04. The molecule has 1 aromatic heterocycles. The van der Waals surface area contributed by atoms with Crippen molar-refractivity contribution in [1.82, 2.24) is 9.97 Å². The Morgan fingerprint density at radius 1 is 1.30 bits per heavy atom. The molecule has 0 saturated heterocycles. The van der Waals surface area contributed by atoms with E-state index in [1.807, 2.05) is 0 Å². The molecule has 4 heteroatoms. The maximum Gasteiger partial charge on any atom is 0.259 e. The van der Waals surface area contributed by atoms with Crippen molar-refractivity contribution in [1.29, 1.82) is 0 Å². The van der Waals surface area contributed by atoms with Crippen molar-refractivity contribution in [3.05, 3.63) is 12.5 Å². The zero-order valence-corrected chi connectivity index (χ0v) is 5.87. The zero-order valence-electron chi connectivity index (χ0n) is 5.87. The maximum atomic E-state index is 4.89. The first kappa shape index (κ1) is 6.80. The molecule has 0 saturated carbocycles. The van der Waals surface area contributed by atoms with Gasteiger partial charge in [0.25, 0.3) is 5.88 Å². The lowest BCUT2D eigenvalue weighted by atomic mass is 10.6. The number of hydrogen-bond acceptors (Lipinski definition) is 4. The molecule has 1 heterocycles. The first-order valence-corrected chi connectivity index (χ1v) is 2.76. The second-order valence-corrected chi connectivity index (χ2v) is 1.60. The molecule has 10 heavy (non-hydrogen) atoms. The van der Waals surface area contributed by atoms with Crippen molar-refractivity contribution in [3.8, 4) is 11.6 Å². The molecule has 0 unspecified atom stereocenters. The van der Waals surface area contributed by atoms with Crippen LogP contribution in [-0.4, -0.2) is 24.2 Å². The number of nitrogens with zero attached hydrogens (tertiary/aromatic N) is 2. The van der Waals surface area contributed by atoms with Crippen molar-refractivity contribution in [2.75, 3.05) is 14.2 Å². The standard InChI is InChI=1S/C6H8N2O2/c1-9-5-3-7-4-8-6(5)10-2/h3-4H,1-2H3. The first-order valence-electron chi connectivity index (χ1n) is 2.76. The number of rotatable bonds is 2. The molecule has 0 atom stereocenters. The minimum Gasteiger partial charge on any atom is -0.490 e. The van der Waals surface area contributed by atoms with E-state index in [1.165, 1.54) is 13.4 Å². The average molecular weight is 140 g/mol. The van der Waals surface area contributed by atoms with Gasteiger partial charge in [-0.25, -0.2) is 4.98 Å². The van der Waals surface area contributed by atoms with Gasteiger partial charge in [0.15, 0.2) is 5.75 Å². The van der Waals surface area contributed by atoms with Gasteiger partial charge >= 0.3 is 0 Å². The lowest BCUT2D eigenvalue weighted by Crippen LogP contribution is -1.93.